The van der Waals surface area contributed by atoms with Crippen LogP contribution in [0.5, 0.6) is 0 Å². The van der Waals surface area contributed by atoms with E-state index in [4.69, 9.17) is 4.74 Å². The Morgan fingerprint density at radius 1 is 1.25 bits per heavy atom. The maximum absolute atomic E-state index is 12.7. The number of hydrogen-bond donors (Lipinski definition) is 1. The van der Waals surface area contributed by atoms with Gasteiger partial charge in [0.1, 0.15) is 0 Å². The number of ether oxygens (including phenoxy) is 1. The number of fused-ring (bicyclic) bond motifs is 1. The van der Waals surface area contributed by atoms with Gasteiger partial charge in [0, 0.05) is 42.0 Å². The second-order valence-corrected chi connectivity index (χ2v) is 7.91. The molecular formula is C20H22N4O3S. The average molecular weight is 398 g/mol. The van der Waals surface area contributed by atoms with E-state index in [2.05, 4.69) is 10.3 Å². The Kier molecular flexibility index (Phi) is 5.15. The lowest BCUT2D eigenvalue weighted by molar-refractivity contribution is -0.0586. The van der Waals surface area contributed by atoms with E-state index in [1.165, 1.54) is 21.8 Å². The molecular weight excluding hydrogens is 376 g/mol. The average Bonchev–Trinajstić information content (AvgIpc) is 3.15. The molecule has 2 unspecified atom stereocenters. The van der Waals surface area contributed by atoms with Crippen molar-refractivity contribution in [2.75, 3.05) is 18.4 Å². The van der Waals surface area contributed by atoms with Crippen LogP contribution in [-0.2, 0) is 11.3 Å². The van der Waals surface area contributed by atoms with Crippen LogP contribution >= 0.6 is 11.3 Å². The molecule has 0 aliphatic carbocycles. The number of hydrogen-bond acceptors (Lipinski definition) is 6. The number of nitrogens with one attached hydrogen (secondary N) is 1. The van der Waals surface area contributed by atoms with E-state index in [0.29, 0.717) is 35.9 Å². The molecule has 1 aliphatic heterocycles. The molecule has 0 bridgehead atoms. The predicted octanol–water partition coefficient (Wildman–Crippen LogP) is 2.62. The molecule has 0 spiro atoms. The van der Waals surface area contributed by atoms with Crippen molar-refractivity contribution in [1.29, 1.82) is 0 Å². The van der Waals surface area contributed by atoms with Gasteiger partial charge in [-0.25, -0.2) is 4.98 Å². The molecule has 2 atom stereocenters. The van der Waals surface area contributed by atoms with Crippen LogP contribution in [0.2, 0.25) is 0 Å². The largest absolute Gasteiger partial charge is 0.379 e. The molecule has 4 rings (SSSR count). The number of carbonyl (C=O) groups is 1. The van der Waals surface area contributed by atoms with Crippen LogP contribution in [0.15, 0.2) is 46.7 Å². The molecule has 2 aromatic heterocycles. The van der Waals surface area contributed by atoms with Crippen molar-refractivity contribution < 1.29 is 9.53 Å². The van der Waals surface area contributed by atoms with Crippen LogP contribution in [0, 0.1) is 0 Å². The fraction of sp³-hybridized carbons (Fsp3) is 0.350. The Morgan fingerprint density at radius 3 is 2.68 bits per heavy atom. The molecule has 1 amide bonds. The van der Waals surface area contributed by atoms with Gasteiger partial charge in [0.05, 0.1) is 24.4 Å². The summed E-state index contributed by atoms with van der Waals surface area (Å²) in [6.45, 7) is 5.62. The third-order valence-electron chi connectivity index (χ3n) is 4.67. The number of nitrogens with zero attached hydrogens (tertiary/aromatic N) is 3. The number of amides is 1. The van der Waals surface area contributed by atoms with Gasteiger partial charge in [0.2, 0.25) is 0 Å². The number of aromatic nitrogens is 2. The van der Waals surface area contributed by atoms with Crippen LogP contribution in [0.4, 0.5) is 5.69 Å². The first-order valence-corrected chi connectivity index (χ1v) is 10.1. The lowest BCUT2D eigenvalue weighted by Crippen LogP contribution is -2.48. The predicted molar refractivity (Wildman–Crippen MR) is 109 cm³/mol. The van der Waals surface area contributed by atoms with Gasteiger partial charge in [0.25, 0.3) is 11.5 Å². The highest BCUT2D eigenvalue weighted by atomic mass is 32.1. The minimum absolute atomic E-state index is 0.0198. The Hall–Kier alpha value is -2.71. The molecule has 1 aliphatic rings. The van der Waals surface area contributed by atoms with Crippen molar-refractivity contribution in [2.45, 2.75) is 32.6 Å². The summed E-state index contributed by atoms with van der Waals surface area (Å²) in [5, 5.41) is 5.09. The summed E-state index contributed by atoms with van der Waals surface area (Å²) in [6, 6.07) is 8.92. The number of morpholine rings is 1. The molecule has 1 saturated heterocycles. The molecule has 1 N–H and O–H groups in total. The van der Waals surface area contributed by atoms with E-state index in [9.17, 15) is 9.59 Å². The van der Waals surface area contributed by atoms with Crippen molar-refractivity contribution in [2.24, 2.45) is 0 Å². The van der Waals surface area contributed by atoms with E-state index in [1.54, 1.807) is 6.20 Å². The first-order chi connectivity index (χ1) is 13.5. The van der Waals surface area contributed by atoms with Crippen LogP contribution in [0.1, 0.15) is 29.9 Å². The van der Waals surface area contributed by atoms with Crippen molar-refractivity contribution in [1.82, 2.24) is 14.3 Å². The fourth-order valence-electron chi connectivity index (χ4n) is 3.43. The standard InChI is InChI=1S/C20H22N4O3S/c1-13-11-23(12-14(2)27-13)19(26)15-3-5-16(6-4-15)21-10-17-9-18(25)24-7-8-28-20(24)22-17/h3-9,13-14,21H,10-12H2,1-2H3. The maximum atomic E-state index is 12.7. The molecule has 7 nitrogen and oxygen atoms in total. The van der Waals surface area contributed by atoms with Crippen LogP contribution in [0.25, 0.3) is 4.96 Å². The molecule has 8 heteroatoms. The minimum Gasteiger partial charge on any atom is -0.379 e. The normalized spacial score (nSPS) is 19.7. The monoisotopic (exact) mass is 398 g/mol. The first-order valence-electron chi connectivity index (χ1n) is 9.24. The molecule has 28 heavy (non-hydrogen) atoms. The topological polar surface area (TPSA) is 75.9 Å². The SMILES string of the molecule is CC1CN(C(=O)c2ccc(NCc3cc(=O)n4ccsc4n3)cc2)CC(C)O1. The number of carbonyl (C=O) groups excluding carboxylic acids is 1. The Balaban J connectivity index is 1.41. The summed E-state index contributed by atoms with van der Waals surface area (Å²) in [5.41, 5.74) is 2.12. The summed E-state index contributed by atoms with van der Waals surface area (Å²) < 4.78 is 7.22. The lowest BCUT2D eigenvalue weighted by Gasteiger charge is -2.35. The molecule has 146 valence electrons. The van der Waals surface area contributed by atoms with Crippen molar-refractivity contribution in [3.05, 3.63) is 63.5 Å². The fourth-order valence-corrected chi connectivity index (χ4v) is 4.17. The molecule has 1 aromatic carbocycles. The highest BCUT2D eigenvalue weighted by Gasteiger charge is 2.26. The van der Waals surface area contributed by atoms with Gasteiger partial charge in [-0.15, -0.1) is 11.3 Å². The Morgan fingerprint density at radius 2 is 1.96 bits per heavy atom. The third kappa shape index (κ3) is 3.93. The quantitative estimate of drug-likeness (QED) is 0.731. The zero-order chi connectivity index (χ0) is 19.7. The molecule has 3 aromatic rings. The highest BCUT2D eigenvalue weighted by molar-refractivity contribution is 7.15. The Bertz CT molecular complexity index is 1030. The maximum Gasteiger partial charge on any atom is 0.258 e. The van der Waals surface area contributed by atoms with Crippen LogP contribution in [0.3, 0.4) is 0 Å². The zero-order valence-corrected chi connectivity index (χ0v) is 16.6. The molecule has 3 heterocycles. The van der Waals surface area contributed by atoms with Gasteiger partial charge < -0.3 is 15.0 Å². The van der Waals surface area contributed by atoms with Gasteiger partial charge in [-0.2, -0.15) is 0 Å². The van der Waals surface area contributed by atoms with E-state index in [-0.39, 0.29) is 23.7 Å². The second-order valence-electron chi connectivity index (χ2n) is 7.04. The van der Waals surface area contributed by atoms with Gasteiger partial charge in [-0.1, -0.05) is 0 Å². The van der Waals surface area contributed by atoms with Gasteiger partial charge in [-0.05, 0) is 38.1 Å². The number of anilines is 1. The van der Waals surface area contributed by atoms with E-state index < -0.39 is 0 Å². The summed E-state index contributed by atoms with van der Waals surface area (Å²) >= 11 is 1.43. The van der Waals surface area contributed by atoms with Crippen molar-refractivity contribution in [3.8, 4) is 0 Å². The summed E-state index contributed by atoms with van der Waals surface area (Å²) in [4.78, 5) is 31.8. The third-order valence-corrected chi connectivity index (χ3v) is 5.43. The van der Waals surface area contributed by atoms with Gasteiger partial charge in [0.15, 0.2) is 4.96 Å². The highest BCUT2D eigenvalue weighted by Crippen LogP contribution is 2.17. The number of thiazole rings is 1. The lowest BCUT2D eigenvalue weighted by atomic mass is 10.1. The smallest absolute Gasteiger partial charge is 0.258 e. The molecule has 0 saturated carbocycles. The van der Waals surface area contributed by atoms with Crippen LogP contribution in [-0.4, -0.2) is 45.5 Å². The van der Waals surface area contributed by atoms with E-state index in [0.717, 1.165) is 5.69 Å². The zero-order valence-electron chi connectivity index (χ0n) is 15.8. The van der Waals surface area contributed by atoms with Crippen molar-refractivity contribution >= 4 is 27.9 Å². The summed E-state index contributed by atoms with van der Waals surface area (Å²) in [7, 11) is 0. The molecule has 0 radical (unpaired) electrons. The number of benzene rings is 1. The van der Waals surface area contributed by atoms with E-state index >= 15 is 0 Å². The summed E-state index contributed by atoms with van der Waals surface area (Å²) in [5.74, 6) is 0.0198. The van der Waals surface area contributed by atoms with Gasteiger partial charge >= 0.3 is 0 Å². The van der Waals surface area contributed by atoms with Gasteiger partial charge in [-0.3, -0.25) is 14.0 Å². The van der Waals surface area contributed by atoms with E-state index in [1.807, 2.05) is 48.4 Å². The molecule has 1 fully saturated rings. The van der Waals surface area contributed by atoms with Crippen LogP contribution < -0.4 is 10.9 Å². The summed E-state index contributed by atoms with van der Waals surface area (Å²) in [6.07, 6.45) is 1.81. The Labute approximate surface area is 166 Å². The van der Waals surface area contributed by atoms with Crippen molar-refractivity contribution in [3.63, 3.8) is 0 Å². The first kappa shape index (κ1) is 18.6. The minimum atomic E-state index is -0.0852. The second kappa shape index (κ2) is 7.73. The number of rotatable bonds is 4.